The van der Waals surface area contributed by atoms with E-state index in [1.807, 2.05) is 18.2 Å². The Morgan fingerprint density at radius 1 is 1.04 bits per heavy atom. The standard InChI is InChI=1S/C15H22N2O.C2H2O4/c1-3-7-16-8-10-17(11-9-16)15-6-4-5-14(12-15)13(2)18;3-1(4)2(5)6/h4-6,12H,3,7-11H2,1-2H3;(H,3,4)(H,5,6). The van der Waals surface area contributed by atoms with E-state index in [2.05, 4.69) is 22.8 Å². The SMILES string of the molecule is CCCN1CCN(c2cccc(C(C)=O)c2)CC1.O=C(O)C(=O)O. The van der Waals surface area contributed by atoms with Crippen LogP contribution in [0.3, 0.4) is 0 Å². The lowest BCUT2D eigenvalue weighted by molar-refractivity contribution is -0.159. The van der Waals surface area contributed by atoms with Crippen molar-refractivity contribution in [1.29, 1.82) is 0 Å². The minimum Gasteiger partial charge on any atom is -0.473 e. The maximum Gasteiger partial charge on any atom is 0.414 e. The number of Topliss-reactive ketones (excluding diaryl/α,β-unsaturated/α-hetero) is 1. The zero-order valence-corrected chi connectivity index (χ0v) is 14.1. The summed E-state index contributed by atoms with van der Waals surface area (Å²) in [6, 6.07) is 7.98. The van der Waals surface area contributed by atoms with E-state index in [9.17, 15) is 4.79 Å². The van der Waals surface area contributed by atoms with Crippen LogP contribution in [0, 0.1) is 0 Å². The monoisotopic (exact) mass is 336 g/mol. The average Bonchev–Trinajstić information content (AvgIpc) is 2.56. The molecule has 0 aromatic heterocycles. The number of piperazine rings is 1. The molecule has 0 unspecified atom stereocenters. The molecule has 0 atom stereocenters. The molecule has 1 saturated heterocycles. The summed E-state index contributed by atoms with van der Waals surface area (Å²) in [5.74, 6) is -3.51. The Morgan fingerprint density at radius 3 is 2.08 bits per heavy atom. The molecule has 1 fully saturated rings. The van der Waals surface area contributed by atoms with Crippen LogP contribution < -0.4 is 4.90 Å². The highest BCUT2D eigenvalue weighted by molar-refractivity contribution is 6.27. The number of anilines is 1. The van der Waals surface area contributed by atoms with Crippen LogP contribution in [0.4, 0.5) is 5.69 Å². The lowest BCUT2D eigenvalue weighted by Crippen LogP contribution is -2.46. The van der Waals surface area contributed by atoms with Crippen LogP contribution in [0.2, 0.25) is 0 Å². The first-order valence-electron chi connectivity index (χ1n) is 7.89. The van der Waals surface area contributed by atoms with Crippen molar-refractivity contribution in [3.8, 4) is 0 Å². The van der Waals surface area contributed by atoms with E-state index < -0.39 is 11.9 Å². The van der Waals surface area contributed by atoms with Crippen LogP contribution in [-0.4, -0.2) is 65.6 Å². The minimum absolute atomic E-state index is 0.140. The quantitative estimate of drug-likeness (QED) is 0.636. The second-order valence-electron chi connectivity index (χ2n) is 5.55. The summed E-state index contributed by atoms with van der Waals surface area (Å²) in [7, 11) is 0. The zero-order valence-electron chi connectivity index (χ0n) is 14.1. The molecule has 132 valence electrons. The number of rotatable bonds is 4. The van der Waals surface area contributed by atoms with Crippen molar-refractivity contribution in [2.24, 2.45) is 0 Å². The Bertz CT molecular complexity index is 568. The van der Waals surface area contributed by atoms with Crippen LogP contribution in [0.15, 0.2) is 24.3 Å². The molecule has 0 amide bonds. The van der Waals surface area contributed by atoms with Crippen molar-refractivity contribution >= 4 is 23.4 Å². The van der Waals surface area contributed by atoms with E-state index in [4.69, 9.17) is 19.8 Å². The summed E-state index contributed by atoms with van der Waals surface area (Å²) < 4.78 is 0. The number of nitrogens with zero attached hydrogens (tertiary/aromatic N) is 2. The number of carboxylic acids is 2. The van der Waals surface area contributed by atoms with Crippen LogP contribution in [-0.2, 0) is 9.59 Å². The molecule has 1 aromatic rings. The Morgan fingerprint density at radius 2 is 1.62 bits per heavy atom. The number of carbonyl (C=O) groups excluding carboxylic acids is 1. The first-order chi connectivity index (χ1) is 11.3. The van der Waals surface area contributed by atoms with Crippen molar-refractivity contribution < 1.29 is 24.6 Å². The fourth-order valence-electron chi connectivity index (χ4n) is 2.47. The molecule has 0 saturated carbocycles. The number of ketones is 1. The highest BCUT2D eigenvalue weighted by Crippen LogP contribution is 2.18. The predicted octanol–water partition coefficient (Wildman–Crippen LogP) is 1.58. The number of aliphatic carboxylic acids is 2. The second-order valence-corrected chi connectivity index (χ2v) is 5.55. The summed E-state index contributed by atoms with van der Waals surface area (Å²) >= 11 is 0. The molecule has 2 rings (SSSR count). The molecule has 1 aliphatic rings. The van der Waals surface area contributed by atoms with Gasteiger partial charge in [-0.25, -0.2) is 9.59 Å². The maximum absolute atomic E-state index is 11.4. The van der Waals surface area contributed by atoms with Gasteiger partial charge in [0.2, 0.25) is 0 Å². The minimum atomic E-state index is -1.82. The van der Waals surface area contributed by atoms with E-state index in [0.29, 0.717) is 0 Å². The molecule has 0 radical (unpaired) electrons. The Labute approximate surface area is 141 Å². The van der Waals surface area contributed by atoms with Crippen molar-refractivity contribution in [2.75, 3.05) is 37.6 Å². The lowest BCUT2D eigenvalue weighted by atomic mass is 10.1. The van der Waals surface area contributed by atoms with Gasteiger partial charge < -0.3 is 15.1 Å². The van der Waals surface area contributed by atoms with Gasteiger partial charge in [0.15, 0.2) is 5.78 Å². The number of hydrogen-bond acceptors (Lipinski definition) is 5. The summed E-state index contributed by atoms with van der Waals surface area (Å²) in [4.78, 5) is 34.5. The van der Waals surface area contributed by atoms with Gasteiger partial charge in [0.05, 0.1) is 0 Å². The summed E-state index contributed by atoms with van der Waals surface area (Å²) in [6.45, 7) is 9.40. The van der Waals surface area contributed by atoms with Gasteiger partial charge in [-0.2, -0.15) is 0 Å². The lowest BCUT2D eigenvalue weighted by Gasteiger charge is -2.36. The topological polar surface area (TPSA) is 98.2 Å². The third-order valence-corrected chi connectivity index (χ3v) is 3.71. The fraction of sp³-hybridized carbons (Fsp3) is 0.471. The van der Waals surface area contributed by atoms with Gasteiger partial charge in [-0.05, 0) is 32.0 Å². The summed E-state index contributed by atoms with van der Waals surface area (Å²) in [5.41, 5.74) is 1.99. The zero-order chi connectivity index (χ0) is 18.1. The first-order valence-corrected chi connectivity index (χ1v) is 7.89. The molecule has 1 aliphatic heterocycles. The molecule has 1 heterocycles. The van der Waals surface area contributed by atoms with E-state index >= 15 is 0 Å². The predicted molar refractivity (Wildman–Crippen MR) is 90.7 cm³/mol. The molecule has 7 nitrogen and oxygen atoms in total. The van der Waals surface area contributed by atoms with E-state index in [-0.39, 0.29) is 5.78 Å². The van der Waals surface area contributed by atoms with E-state index in [1.165, 1.54) is 18.7 Å². The number of carboxylic acid groups (broad SMARTS) is 2. The maximum atomic E-state index is 11.4. The summed E-state index contributed by atoms with van der Waals surface area (Å²) in [5, 5.41) is 14.8. The normalized spacial score (nSPS) is 14.5. The van der Waals surface area contributed by atoms with Crippen LogP contribution in [0.25, 0.3) is 0 Å². The van der Waals surface area contributed by atoms with Gasteiger partial charge in [0.1, 0.15) is 0 Å². The largest absolute Gasteiger partial charge is 0.473 e. The molecular weight excluding hydrogens is 312 g/mol. The Balaban J connectivity index is 0.000000413. The van der Waals surface area contributed by atoms with Crippen LogP contribution >= 0.6 is 0 Å². The fourth-order valence-corrected chi connectivity index (χ4v) is 2.47. The number of hydrogen-bond donors (Lipinski definition) is 2. The number of carbonyl (C=O) groups is 3. The van der Waals surface area contributed by atoms with Crippen molar-refractivity contribution in [3.05, 3.63) is 29.8 Å². The molecule has 0 spiro atoms. The van der Waals surface area contributed by atoms with Gasteiger partial charge in [0, 0.05) is 37.4 Å². The van der Waals surface area contributed by atoms with Gasteiger partial charge in [-0.1, -0.05) is 19.1 Å². The van der Waals surface area contributed by atoms with Gasteiger partial charge >= 0.3 is 11.9 Å². The second kappa shape index (κ2) is 9.67. The molecule has 1 aromatic carbocycles. The summed E-state index contributed by atoms with van der Waals surface area (Å²) in [6.07, 6.45) is 1.22. The molecule has 0 aliphatic carbocycles. The third kappa shape index (κ3) is 6.37. The molecule has 0 bridgehead atoms. The molecule has 7 heteroatoms. The highest BCUT2D eigenvalue weighted by Gasteiger charge is 2.16. The van der Waals surface area contributed by atoms with Gasteiger partial charge in [0.25, 0.3) is 0 Å². The third-order valence-electron chi connectivity index (χ3n) is 3.71. The van der Waals surface area contributed by atoms with Crippen LogP contribution in [0.5, 0.6) is 0 Å². The smallest absolute Gasteiger partial charge is 0.414 e. The van der Waals surface area contributed by atoms with Gasteiger partial charge in [-0.3, -0.25) is 9.69 Å². The van der Waals surface area contributed by atoms with E-state index in [0.717, 1.165) is 31.7 Å². The van der Waals surface area contributed by atoms with Crippen LogP contribution in [0.1, 0.15) is 30.6 Å². The first kappa shape index (κ1) is 19.6. The highest BCUT2D eigenvalue weighted by atomic mass is 16.4. The molecule has 24 heavy (non-hydrogen) atoms. The van der Waals surface area contributed by atoms with Gasteiger partial charge in [-0.15, -0.1) is 0 Å². The molecular formula is C17H24N2O5. The van der Waals surface area contributed by atoms with Crippen molar-refractivity contribution in [1.82, 2.24) is 4.90 Å². The number of benzene rings is 1. The molecule has 2 N–H and O–H groups in total. The van der Waals surface area contributed by atoms with E-state index in [1.54, 1.807) is 6.92 Å². The Kier molecular flexibility index (Phi) is 7.91. The van der Waals surface area contributed by atoms with Crippen molar-refractivity contribution in [3.63, 3.8) is 0 Å². The van der Waals surface area contributed by atoms with Crippen molar-refractivity contribution in [2.45, 2.75) is 20.3 Å². The Hall–Kier alpha value is -2.41. The average molecular weight is 336 g/mol.